The lowest BCUT2D eigenvalue weighted by atomic mass is 9.85. The zero-order valence-electron chi connectivity index (χ0n) is 10.6. The predicted molar refractivity (Wildman–Crippen MR) is 64.3 cm³/mol. The topological polar surface area (TPSA) is 76.4 Å². The SMILES string of the molecule is CC(C)(C)Cc1cc(=O)oc2c1C(=O)NC(=O)C2. The van der Waals surface area contributed by atoms with E-state index >= 15 is 0 Å². The molecule has 0 unspecified atom stereocenters. The van der Waals surface area contributed by atoms with Gasteiger partial charge in [-0.15, -0.1) is 0 Å². The van der Waals surface area contributed by atoms with E-state index in [4.69, 9.17) is 4.42 Å². The van der Waals surface area contributed by atoms with Gasteiger partial charge in [0.2, 0.25) is 5.91 Å². The van der Waals surface area contributed by atoms with Crippen LogP contribution in [0.25, 0.3) is 0 Å². The minimum absolute atomic E-state index is 0.0612. The van der Waals surface area contributed by atoms with E-state index in [0.717, 1.165) is 0 Å². The Bertz CT molecular complexity index is 578. The summed E-state index contributed by atoms with van der Waals surface area (Å²) in [5.74, 6) is -0.747. The number of hydrogen-bond acceptors (Lipinski definition) is 4. The van der Waals surface area contributed by atoms with Crippen molar-refractivity contribution in [3.8, 4) is 0 Å². The summed E-state index contributed by atoms with van der Waals surface area (Å²) in [7, 11) is 0. The lowest BCUT2D eigenvalue weighted by Crippen LogP contribution is -2.39. The fourth-order valence-corrected chi connectivity index (χ4v) is 2.08. The molecule has 5 heteroatoms. The molecule has 2 rings (SSSR count). The third kappa shape index (κ3) is 2.50. The van der Waals surface area contributed by atoms with Crippen LogP contribution in [-0.4, -0.2) is 11.8 Å². The van der Waals surface area contributed by atoms with Crippen LogP contribution in [-0.2, 0) is 17.6 Å². The van der Waals surface area contributed by atoms with Gasteiger partial charge in [0.25, 0.3) is 5.91 Å². The zero-order chi connectivity index (χ0) is 13.5. The summed E-state index contributed by atoms with van der Waals surface area (Å²) >= 11 is 0. The number of fused-ring (bicyclic) bond motifs is 1. The molecule has 0 atom stereocenters. The molecule has 0 aromatic carbocycles. The van der Waals surface area contributed by atoms with Gasteiger partial charge in [0.15, 0.2) is 0 Å². The molecule has 1 N–H and O–H groups in total. The molecule has 1 aliphatic rings. The molecule has 0 bridgehead atoms. The molecule has 0 saturated heterocycles. The Kier molecular flexibility index (Phi) is 2.84. The Morgan fingerprint density at radius 3 is 2.56 bits per heavy atom. The maximum absolute atomic E-state index is 11.8. The van der Waals surface area contributed by atoms with Crippen molar-refractivity contribution in [3.05, 3.63) is 33.4 Å². The van der Waals surface area contributed by atoms with Crippen LogP contribution in [0.2, 0.25) is 0 Å². The molecule has 1 aromatic rings. The van der Waals surface area contributed by atoms with Crippen molar-refractivity contribution in [1.82, 2.24) is 5.32 Å². The summed E-state index contributed by atoms with van der Waals surface area (Å²) in [6.07, 6.45) is 0.511. The van der Waals surface area contributed by atoms with Gasteiger partial charge in [-0.3, -0.25) is 14.9 Å². The first-order valence-electron chi connectivity index (χ1n) is 5.76. The van der Waals surface area contributed by atoms with Crippen LogP contribution in [0, 0.1) is 5.41 Å². The van der Waals surface area contributed by atoms with Crippen molar-refractivity contribution in [2.45, 2.75) is 33.6 Å². The highest BCUT2D eigenvalue weighted by atomic mass is 16.4. The van der Waals surface area contributed by atoms with Crippen LogP contribution >= 0.6 is 0 Å². The number of hydrogen-bond donors (Lipinski definition) is 1. The summed E-state index contributed by atoms with van der Waals surface area (Å²) in [5, 5.41) is 2.24. The standard InChI is InChI=1S/C13H15NO4/c1-13(2,3)6-7-4-10(16)18-8-5-9(15)14-12(17)11(7)8/h4H,5-6H2,1-3H3,(H,14,15,17). The number of imide groups is 1. The second kappa shape index (κ2) is 4.08. The molecule has 0 radical (unpaired) electrons. The Morgan fingerprint density at radius 2 is 1.94 bits per heavy atom. The van der Waals surface area contributed by atoms with Gasteiger partial charge in [0, 0.05) is 6.07 Å². The first-order chi connectivity index (χ1) is 8.26. The molecule has 96 valence electrons. The van der Waals surface area contributed by atoms with E-state index in [1.807, 2.05) is 20.8 Å². The second-order valence-corrected chi connectivity index (χ2v) is 5.68. The van der Waals surface area contributed by atoms with Gasteiger partial charge in [-0.1, -0.05) is 20.8 Å². The normalized spacial score (nSPS) is 15.3. The Morgan fingerprint density at radius 1 is 1.28 bits per heavy atom. The molecule has 0 fully saturated rings. The van der Waals surface area contributed by atoms with E-state index in [9.17, 15) is 14.4 Å². The summed E-state index contributed by atoms with van der Waals surface area (Å²) in [4.78, 5) is 34.5. The molecule has 2 heterocycles. The molecule has 0 saturated carbocycles. The molecule has 0 spiro atoms. The molecule has 1 aliphatic heterocycles. The smallest absolute Gasteiger partial charge is 0.336 e. The van der Waals surface area contributed by atoms with Crippen LogP contribution in [0.15, 0.2) is 15.3 Å². The van der Waals surface area contributed by atoms with Gasteiger partial charge < -0.3 is 4.42 Å². The summed E-state index contributed by atoms with van der Waals surface area (Å²) in [6, 6.07) is 1.33. The molecular weight excluding hydrogens is 234 g/mol. The van der Waals surface area contributed by atoms with Crippen LogP contribution in [0.3, 0.4) is 0 Å². The summed E-state index contributed by atoms with van der Waals surface area (Å²) in [6.45, 7) is 6.04. The molecule has 18 heavy (non-hydrogen) atoms. The van der Waals surface area contributed by atoms with Crippen molar-refractivity contribution >= 4 is 11.8 Å². The van der Waals surface area contributed by atoms with Crippen molar-refractivity contribution in [3.63, 3.8) is 0 Å². The number of nitrogens with one attached hydrogen (secondary N) is 1. The van der Waals surface area contributed by atoms with Gasteiger partial charge in [-0.05, 0) is 17.4 Å². The lowest BCUT2D eigenvalue weighted by Gasteiger charge is -2.22. The summed E-state index contributed by atoms with van der Waals surface area (Å²) in [5.41, 5.74) is 0.391. The Balaban J connectivity index is 2.57. The van der Waals surface area contributed by atoms with Gasteiger partial charge in [-0.2, -0.15) is 0 Å². The van der Waals surface area contributed by atoms with Gasteiger partial charge in [0.05, 0.1) is 12.0 Å². The monoisotopic (exact) mass is 249 g/mol. The van der Waals surface area contributed by atoms with Crippen LogP contribution in [0.4, 0.5) is 0 Å². The quantitative estimate of drug-likeness (QED) is 0.754. The van der Waals surface area contributed by atoms with Crippen molar-refractivity contribution < 1.29 is 14.0 Å². The van der Waals surface area contributed by atoms with Gasteiger partial charge in [0.1, 0.15) is 5.76 Å². The molecule has 1 aromatic heterocycles. The third-order valence-corrected chi connectivity index (χ3v) is 2.64. The van der Waals surface area contributed by atoms with Crippen LogP contribution in [0.1, 0.15) is 42.5 Å². The van der Waals surface area contributed by atoms with Gasteiger partial charge in [-0.25, -0.2) is 4.79 Å². The van der Waals surface area contributed by atoms with Crippen LogP contribution in [0.5, 0.6) is 0 Å². The number of carbonyl (C=O) groups is 2. The van der Waals surface area contributed by atoms with E-state index < -0.39 is 17.4 Å². The number of rotatable bonds is 1. The lowest BCUT2D eigenvalue weighted by molar-refractivity contribution is -0.120. The largest absolute Gasteiger partial charge is 0.426 e. The van der Waals surface area contributed by atoms with Crippen molar-refractivity contribution in [1.29, 1.82) is 0 Å². The first kappa shape index (κ1) is 12.5. The molecule has 0 aliphatic carbocycles. The minimum atomic E-state index is -0.518. The maximum atomic E-state index is 11.8. The zero-order valence-corrected chi connectivity index (χ0v) is 10.6. The van der Waals surface area contributed by atoms with E-state index in [2.05, 4.69) is 5.32 Å². The highest BCUT2D eigenvalue weighted by Crippen LogP contribution is 2.25. The van der Waals surface area contributed by atoms with E-state index in [-0.39, 0.29) is 17.6 Å². The van der Waals surface area contributed by atoms with Crippen LogP contribution < -0.4 is 10.9 Å². The minimum Gasteiger partial charge on any atom is -0.426 e. The van der Waals surface area contributed by atoms with Crippen molar-refractivity contribution in [2.75, 3.05) is 0 Å². The number of carbonyl (C=O) groups excluding carboxylic acids is 2. The average molecular weight is 249 g/mol. The third-order valence-electron chi connectivity index (χ3n) is 2.64. The molecule has 2 amide bonds. The number of amides is 2. The fourth-order valence-electron chi connectivity index (χ4n) is 2.08. The van der Waals surface area contributed by atoms with Crippen molar-refractivity contribution in [2.24, 2.45) is 5.41 Å². The molecular formula is C13H15NO4. The summed E-state index contributed by atoms with van der Waals surface area (Å²) < 4.78 is 4.96. The molecule has 5 nitrogen and oxygen atoms in total. The van der Waals surface area contributed by atoms with E-state index in [1.165, 1.54) is 6.07 Å². The average Bonchev–Trinajstić information content (AvgIpc) is 2.11. The fraction of sp³-hybridized carbons (Fsp3) is 0.462. The highest BCUT2D eigenvalue weighted by molar-refractivity contribution is 6.09. The maximum Gasteiger partial charge on any atom is 0.336 e. The first-order valence-corrected chi connectivity index (χ1v) is 5.76. The Hall–Kier alpha value is -1.91. The second-order valence-electron chi connectivity index (χ2n) is 5.68. The van der Waals surface area contributed by atoms with Gasteiger partial charge >= 0.3 is 5.63 Å². The predicted octanol–water partition coefficient (Wildman–Crippen LogP) is 1.04. The highest BCUT2D eigenvalue weighted by Gasteiger charge is 2.29. The van der Waals surface area contributed by atoms with E-state index in [1.54, 1.807) is 0 Å². The Labute approximate surface area is 104 Å². The van der Waals surface area contributed by atoms with E-state index in [0.29, 0.717) is 17.5 Å².